The number of rotatable bonds is 4. The summed E-state index contributed by atoms with van der Waals surface area (Å²) in [5.41, 5.74) is 3.17. The Morgan fingerprint density at radius 1 is 1.15 bits per heavy atom. The molecule has 0 amide bonds. The van der Waals surface area contributed by atoms with Crippen LogP contribution in [0.15, 0.2) is 18.3 Å². The molecule has 5 rings (SSSR count). The zero-order valence-corrected chi connectivity index (χ0v) is 12.6. The van der Waals surface area contributed by atoms with Crippen molar-refractivity contribution in [2.24, 2.45) is 23.2 Å². The number of hydrogen-bond donors (Lipinski definition) is 1. The molecule has 2 nitrogen and oxygen atoms in total. The van der Waals surface area contributed by atoms with Gasteiger partial charge in [-0.25, -0.2) is 0 Å². The second-order valence-electron chi connectivity index (χ2n) is 7.77. The van der Waals surface area contributed by atoms with E-state index in [9.17, 15) is 0 Å². The summed E-state index contributed by atoms with van der Waals surface area (Å²) in [6.07, 6.45) is 11.0. The normalized spacial score (nSPS) is 38.4. The van der Waals surface area contributed by atoms with Crippen molar-refractivity contribution < 1.29 is 0 Å². The lowest BCUT2D eigenvalue weighted by atomic mass is 9.49. The van der Waals surface area contributed by atoms with Gasteiger partial charge in [0.25, 0.3) is 0 Å². The highest BCUT2D eigenvalue weighted by atomic mass is 14.9. The zero-order valence-electron chi connectivity index (χ0n) is 12.6. The molecule has 2 heteroatoms. The number of nitrogens with one attached hydrogen (secondary N) is 1. The average Bonchev–Trinajstić information content (AvgIpc) is 2.39. The van der Waals surface area contributed by atoms with Crippen molar-refractivity contribution in [1.82, 2.24) is 10.3 Å². The smallest absolute Gasteiger partial charge is 0.0417 e. The molecule has 4 saturated carbocycles. The maximum Gasteiger partial charge on any atom is 0.0417 e. The molecule has 1 N–H and O–H groups in total. The van der Waals surface area contributed by atoms with Crippen LogP contribution in [-0.4, -0.2) is 11.5 Å². The third-order valence-electron chi connectivity index (χ3n) is 6.10. The third-order valence-corrected chi connectivity index (χ3v) is 6.10. The van der Waals surface area contributed by atoms with Gasteiger partial charge in [-0.3, -0.25) is 4.98 Å². The Labute approximate surface area is 122 Å². The summed E-state index contributed by atoms with van der Waals surface area (Å²) in [7, 11) is 0. The van der Waals surface area contributed by atoms with Gasteiger partial charge in [0.05, 0.1) is 0 Å². The monoisotopic (exact) mass is 270 g/mol. The summed E-state index contributed by atoms with van der Waals surface area (Å²) < 4.78 is 0. The van der Waals surface area contributed by atoms with E-state index in [0.29, 0.717) is 5.41 Å². The molecule has 0 unspecified atom stereocenters. The second kappa shape index (κ2) is 4.84. The standard InChI is InChI=1S/C18H26N2/c1-13-17(3-2-4-20-13)11-19-12-18-8-14-5-15(9-18)7-16(6-14)10-18/h2-4,14-16,19H,5-12H2,1H3. The molecule has 4 aliphatic rings. The Bertz CT molecular complexity index is 459. The van der Waals surface area contributed by atoms with E-state index in [4.69, 9.17) is 0 Å². The molecule has 1 heterocycles. The first-order valence-corrected chi connectivity index (χ1v) is 8.34. The summed E-state index contributed by atoms with van der Waals surface area (Å²) >= 11 is 0. The molecule has 1 aromatic heterocycles. The van der Waals surface area contributed by atoms with Crippen molar-refractivity contribution in [2.45, 2.75) is 52.0 Å². The van der Waals surface area contributed by atoms with Gasteiger partial charge in [0.1, 0.15) is 0 Å². The number of hydrogen-bond acceptors (Lipinski definition) is 2. The topological polar surface area (TPSA) is 24.9 Å². The highest BCUT2D eigenvalue weighted by Crippen LogP contribution is 2.59. The van der Waals surface area contributed by atoms with Crippen LogP contribution in [0.1, 0.15) is 49.8 Å². The number of aryl methyl sites for hydroxylation is 1. The van der Waals surface area contributed by atoms with E-state index in [2.05, 4.69) is 29.4 Å². The minimum Gasteiger partial charge on any atom is -0.312 e. The fourth-order valence-corrected chi connectivity index (χ4v) is 5.67. The Morgan fingerprint density at radius 3 is 2.40 bits per heavy atom. The first-order valence-electron chi connectivity index (χ1n) is 8.34. The van der Waals surface area contributed by atoms with Gasteiger partial charge in [-0.1, -0.05) is 6.07 Å². The summed E-state index contributed by atoms with van der Waals surface area (Å²) in [6, 6.07) is 4.25. The second-order valence-corrected chi connectivity index (χ2v) is 7.77. The quantitative estimate of drug-likeness (QED) is 0.902. The molecule has 1 aromatic rings. The molecule has 0 spiro atoms. The predicted molar refractivity (Wildman–Crippen MR) is 81.3 cm³/mol. The van der Waals surface area contributed by atoms with Gasteiger partial charge in [0.15, 0.2) is 0 Å². The Balaban J connectivity index is 1.39. The van der Waals surface area contributed by atoms with E-state index in [1.807, 2.05) is 6.20 Å². The van der Waals surface area contributed by atoms with Crippen LogP contribution in [-0.2, 0) is 6.54 Å². The van der Waals surface area contributed by atoms with Crippen LogP contribution < -0.4 is 5.32 Å². The number of pyridine rings is 1. The molecule has 0 radical (unpaired) electrons. The number of aromatic nitrogens is 1. The minimum atomic E-state index is 0.644. The van der Waals surface area contributed by atoms with Crippen LogP contribution in [0.2, 0.25) is 0 Å². The van der Waals surface area contributed by atoms with Gasteiger partial charge in [-0.2, -0.15) is 0 Å². The Kier molecular flexibility index (Phi) is 3.10. The van der Waals surface area contributed by atoms with Crippen molar-refractivity contribution in [3.05, 3.63) is 29.6 Å². The average molecular weight is 270 g/mol. The van der Waals surface area contributed by atoms with Crippen LogP contribution in [0.4, 0.5) is 0 Å². The fraction of sp³-hybridized carbons (Fsp3) is 0.722. The summed E-state index contributed by atoms with van der Waals surface area (Å²) in [6.45, 7) is 4.33. The van der Waals surface area contributed by atoms with E-state index in [-0.39, 0.29) is 0 Å². The summed E-state index contributed by atoms with van der Waals surface area (Å²) in [5, 5.41) is 3.76. The van der Waals surface area contributed by atoms with Crippen molar-refractivity contribution in [3.8, 4) is 0 Å². The summed E-state index contributed by atoms with van der Waals surface area (Å²) in [5.74, 6) is 3.18. The van der Waals surface area contributed by atoms with Crippen LogP contribution in [0.5, 0.6) is 0 Å². The van der Waals surface area contributed by atoms with Crippen LogP contribution in [0.3, 0.4) is 0 Å². The zero-order chi connectivity index (χ0) is 13.6. The Hall–Kier alpha value is -0.890. The van der Waals surface area contributed by atoms with Crippen molar-refractivity contribution in [2.75, 3.05) is 6.54 Å². The SMILES string of the molecule is Cc1ncccc1CNCC12CC3CC(CC(C3)C1)C2. The first kappa shape index (κ1) is 12.8. The van der Waals surface area contributed by atoms with E-state index in [1.54, 1.807) is 19.3 Å². The lowest BCUT2D eigenvalue weighted by molar-refractivity contribution is -0.0514. The first-order chi connectivity index (χ1) is 9.72. The lowest BCUT2D eigenvalue weighted by Gasteiger charge is -2.57. The third kappa shape index (κ3) is 2.28. The van der Waals surface area contributed by atoms with E-state index in [0.717, 1.165) is 24.3 Å². The van der Waals surface area contributed by atoms with Gasteiger partial charge in [0, 0.05) is 25.0 Å². The molecule has 0 atom stereocenters. The molecule has 4 fully saturated rings. The fourth-order valence-electron chi connectivity index (χ4n) is 5.67. The molecular formula is C18H26N2. The summed E-state index contributed by atoms with van der Waals surface area (Å²) in [4.78, 5) is 4.38. The minimum absolute atomic E-state index is 0.644. The predicted octanol–water partition coefficient (Wildman–Crippen LogP) is 3.70. The Morgan fingerprint density at radius 2 is 1.80 bits per heavy atom. The van der Waals surface area contributed by atoms with E-state index in [1.165, 1.54) is 37.1 Å². The highest BCUT2D eigenvalue weighted by molar-refractivity contribution is 5.18. The maximum absolute atomic E-state index is 4.38. The maximum atomic E-state index is 4.38. The van der Waals surface area contributed by atoms with Gasteiger partial charge in [-0.05, 0) is 80.2 Å². The largest absolute Gasteiger partial charge is 0.312 e. The molecule has 0 saturated heterocycles. The van der Waals surface area contributed by atoms with Crippen molar-refractivity contribution >= 4 is 0 Å². The van der Waals surface area contributed by atoms with Crippen LogP contribution in [0.25, 0.3) is 0 Å². The van der Waals surface area contributed by atoms with Gasteiger partial charge >= 0.3 is 0 Å². The van der Waals surface area contributed by atoms with Crippen molar-refractivity contribution in [3.63, 3.8) is 0 Å². The van der Waals surface area contributed by atoms with Crippen molar-refractivity contribution in [1.29, 1.82) is 0 Å². The molecular weight excluding hydrogens is 244 g/mol. The van der Waals surface area contributed by atoms with Crippen LogP contribution >= 0.6 is 0 Å². The van der Waals surface area contributed by atoms with Gasteiger partial charge < -0.3 is 5.32 Å². The molecule has 20 heavy (non-hydrogen) atoms. The number of nitrogens with zero attached hydrogens (tertiary/aromatic N) is 1. The van der Waals surface area contributed by atoms with Gasteiger partial charge in [-0.15, -0.1) is 0 Å². The highest BCUT2D eigenvalue weighted by Gasteiger charge is 2.50. The van der Waals surface area contributed by atoms with Crippen LogP contribution in [0, 0.1) is 30.1 Å². The lowest BCUT2D eigenvalue weighted by Crippen LogP contribution is -2.50. The van der Waals surface area contributed by atoms with E-state index >= 15 is 0 Å². The molecule has 0 aromatic carbocycles. The molecule has 4 bridgehead atoms. The molecule has 0 aliphatic heterocycles. The molecule has 4 aliphatic carbocycles. The van der Waals surface area contributed by atoms with E-state index < -0.39 is 0 Å². The molecule has 108 valence electrons. The van der Waals surface area contributed by atoms with Gasteiger partial charge in [0.2, 0.25) is 0 Å².